The third kappa shape index (κ3) is 1.80. The summed E-state index contributed by atoms with van der Waals surface area (Å²) in [5.74, 6) is -1.08. The fraction of sp³-hybridized carbons (Fsp3) is 0.556. The van der Waals surface area contributed by atoms with E-state index in [4.69, 9.17) is 9.94 Å². The van der Waals surface area contributed by atoms with Gasteiger partial charge in [0, 0.05) is 13.1 Å². The number of urea groups is 1. The first-order valence-electron chi connectivity index (χ1n) is 4.68. The second-order valence-corrected chi connectivity index (χ2v) is 3.74. The molecular formula is C9H12N2O4. The highest BCUT2D eigenvalue weighted by Crippen LogP contribution is 2.24. The maximum Gasteiger partial charge on any atom is 0.344 e. The van der Waals surface area contributed by atoms with Crippen molar-refractivity contribution in [2.45, 2.75) is 13.0 Å². The molecule has 0 unspecified atom stereocenters. The van der Waals surface area contributed by atoms with Crippen LogP contribution in [0.1, 0.15) is 6.92 Å². The maximum absolute atomic E-state index is 11.6. The monoisotopic (exact) mass is 212 g/mol. The Morgan fingerprint density at radius 1 is 1.73 bits per heavy atom. The van der Waals surface area contributed by atoms with E-state index < -0.39 is 12.6 Å². The third-order valence-electron chi connectivity index (χ3n) is 2.41. The number of rotatable bonds is 3. The lowest BCUT2D eigenvalue weighted by Crippen LogP contribution is -2.34. The van der Waals surface area contributed by atoms with Crippen LogP contribution in [0.4, 0.5) is 4.79 Å². The Kier molecular flexibility index (Phi) is 2.36. The minimum Gasteiger partial charge on any atom is -0.479 e. The molecule has 2 heterocycles. The summed E-state index contributed by atoms with van der Waals surface area (Å²) >= 11 is 0. The molecule has 2 aliphatic rings. The van der Waals surface area contributed by atoms with Gasteiger partial charge in [-0.25, -0.2) is 9.59 Å². The van der Waals surface area contributed by atoms with Gasteiger partial charge in [-0.2, -0.15) is 5.06 Å². The summed E-state index contributed by atoms with van der Waals surface area (Å²) in [6.45, 7) is 2.63. The van der Waals surface area contributed by atoms with Crippen molar-refractivity contribution in [2.75, 3.05) is 19.7 Å². The van der Waals surface area contributed by atoms with Crippen LogP contribution in [0, 0.1) is 0 Å². The molecule has 0 aliphatic carbocycles. The van der Waals surface area contributed by atoms with Gasteiger partial charge >= 0.3 is 12.0 Å². The van der Waals surface area contributed by atoms with Crippen LogP contribution in [0.25, 0.3) is 0 Å². The largest absolute Gasteiger partial charge is 0.479 e. The van der Waals surface area contributed by atoms with E-state index in [-0.39, 0.29) is 12.1 Å². The van der Waals surface area contributed by atoms with Crippen LogP contribution in [0.3, 0.4) is 0 Å². The lowest BCUT2D eigenvalue weighted by molar-refractivity contribution is -0.164. The van der Waals surface area contributed by atoms with Gasteiger partial charge in [0.2, 0.25) is 0 Å². The first kappa shape index (κ1) is 9.97. The van der Waals surface area contributed by atoms with E-state index in [9.17, 15) is 9.59 Å². The van der Waals surface area contributed by atoms with Gasteiger partial charge in [0.25, 0.3) is 0 Å². The van der Waals surface area contributed by atoms with Gasteiger partial charge in [0.15, 0.2) is 6.61 Å². The lowest BCUT2D eigenvalue weighted by atomic mass is 10.1. The van der Waals surface area contributed by atoms with Crippen LogP contribution in [0.2, 0.25) is 0 Å². The molecule has 2 amide bonds. The molecule has 0 aromatic rings. The second kappa shape index (κ2) is 3.54. The number of hydrogen-bond donors (Lipinski definition) is 1. The molecule has 0 aromatic carbocycles. The minimum atomic E-state index is -1.08. The quantitative estimate of drug-likeness (QED) is 0.672. The highest BCUT2D eigenvalue weighted by molar-refractivity contribution is 5.78. The smallest absolute Gasteiger partial charge is 0.344 e. The zero-order valence-electron chi connectivity index (χ0n) is 8.34. The average molecular weight is 212 g/mol. The first-order chi connectivity index (χ1) is 7.08. The fourth-order valence-electron chi connectivity index (χ4n) is 1.87. The Morgan fingerprint density at radius 2 is 2.47 bits per heavy atom. The number of carboxylic acid groups (broad SMARTS) is 1. The molecule has 15 heavy (non-hydrogen) atoms. The van der Waals surface area contributed by atoms with Crippen LogP contribution in [0.15, 0.2) is 11.6 Å². The molecule has 6 heteroatoms. The van der Waals surface area contributed by atoms with Crippen LogP contribution < -0.4 is 0 Å². The van der Waals surface area contributed by atoms with E-state index in [1.807, 2.05) is 13.0 Å². The molecule has 1 N–H and O–H groups in total. The number of hydrogen-bond acceptors (Lipinski definition) is 3. The molecule has 6 nitrogen and oxygen atoms in total. The van der Waals surface area contributed by atoms with Gasteiger partial charge in [-0.1, -0.05) is 11.6 Å². The van der Waals surface area contributed by atoms with Crippen LogP contribution in [-0.2, 0) is 9.63 Å². The van der Waals surface area contributed by atoms with E-state index in [1.165, 1.54) is 0 Å². The van der Waals surface area contributed by atoms with Gasteiger partial charge < -0.3 is 10.0 Å². The fourth-order valence-corrected chi connectivity index (χ4v) is 1.87. The minimum absolute atomic E-state index is 0.148. The summed E-state index contributed by atoms with van der Waals surface area (Å²) < 4.78 is 0. The zero-order valence-corrected chi connectivity index (χ0v) is 8.34. The third-order valence-corrected chi connectivity index (χ3v) is 2.41. The molecular weight excluding hydrogens is 200 g/mol. The Morgan fingerprint density at radius 3 is 3.13 bits per heavy atom. The van der Waals surface area contributed by atoms with Crippen molar-refractivity contribution in [3.05, 3.63) is 11.6 Å². The number of carboxylic acids is 1. The molecule has 2 rings (SSSR count). The van der Waals surface area contributed by atoms with E-state index in [2.05, 4.69) is 0 Å². The van der Waals surface area contributed by atoms with E-state index in [0.717, 1.165) is 10.6 Å². The van der Waals surface area contributed by atoms with Crippen molar-refractivity contribution in [2.24, 2.45) is 0 Å². The van der Waals surface area contributed by atoms with E-state index in [1.54, 1.807) is 4.90 Å². The summed E-state index contributed by atoms with van der Waals surface area (Å²) in [5, 5.41) is 9.60. The molecule has 0 radical (unpaired) electrons. The van der Waals surface area contributed by atoms with Crippen molar-refractivity contribution in [3.8, 4) is 0 Å². The van der Waals surface area contributed by atoms with Crippen molar-refractivity contribution in [1.82, 2.24) is 9.96 Å². The molecule has 1 atom stereocenters. The SMILES string of the molecule is CC1=C[C@H]2CN(C1)C(=O)N2OCC(=O)O. The lowest BCUT2D eigenvalue weighted by Gasteiger charge is -2.19. The number of carbonyl (C=O) groups excluding carboxylic acids is 1. The van der Waals surface area contributed by atoms with Gasteiger partial charge in [0.05, 0.1) is 6.04 Å². The number of nitrogens with zero attached hydrogens (tertiary/aromatic N) is 2. The van der Waals surface area contributed by atoms with E-state index >= 15 is 0 Å². The summed E-state index contributed by atoms with van der Waals surface area (Å²) in [6, 6.07) is -0.403. The number of aliphatic carboxylic acids is 1. The van der Waals surface area contributed by atoms with Crippen LogP contribution in [-0.4, -0.2) is 52.8 Å². The Hall–Kier alpha value is -1.56. The highest BCUT2D eigenvalue weighted by Gasteiger charge is 2.40. The first-order valence-corrected chi connectivity index (χ1v) is 4.68. The average Bonchev–Trinajstić information content (AvgIpc) is 2.36. The van der Waals surface area contributed by atoms with Crippen molar-refractivity contribution in [1.29, 1.82) is 0 Å². The normalized spacial score (nSPS) is 24.5. The van der Waals surface area contributed by atoms with Gasteiger partial charge in [0.1, 0.15) is 0 Å². The summed E-state index contributed by atoms with van der Waals surface area (Å²) in [7, 11) is 0. The predicted octanol–water partition coefficient (Wildman–Crippen LogP) is 0.0687. The van der Waals surface area contributed by atoms with Crippen molar-refractivity contribution in [3.63, 3.8) is 0 Å². The Balaban J connectivity index is 2.06. The van der Waals surface area contributed by atoms with Crippen molar-refractivity contribution >= 4 is 12.0 Å². The van der Waals surface area contributed by atoms with Gasteiger partial charge in [-0.05, 0) is 6.92 Å². The molecule has 82 valence electrons. The summed E-state index contributed by atoms with van der Waals surface area (Å²) in [6.07, 6.45) is 1.93. The number of fused-ring (bicyclic) bond motifs is 2. The molecule has 2 aliphatic heterocycles. The molecule has 0 aromatic heterocycles. The van der Waals surface area contributed by atoms with Gasteiger partial charge in [-0.3, -0.25) is 4.84 Å². The van der Waals surface area contributed by atoms with Crippen LogP contribution >= 0.6 is 0 Å². The molecule has 1 fully saturated rings. The number of hydroxylamine groups is 2. The predicted molar refractivity (Wildman–Crippen MR) is 49.9 cm³/mol. The second-order valence-electron chi connectivity index (χ2n) is 3.74. The molecule has 0 saturated carbocycles. The van der Waals surface area contributed by atoms with Gasteiger partial charge in [-0.15, -0.1) is 0 Å². The number of carbonyl (C=O) groups is 2. The maximum atomic E-state index is 11.6. The standard InChI is InChI=1S/C9H12N2O4/c1-6-2-7-4-10(3-6)9(14)11(7)15-5-8(12)13/h2,7H,3-5H2,1H3,(H,12,13)/t7-/m0/s1. The Bertz CT molecular complexity index is 339. The Labute approximate surface area is 86.7 Å². The zero-order chi connectivity index (χ0) is 11.0. The summed E-state index contributed by atoms with van der Waals surface area (Å²) in [4.78, 5) is 28.6. The highest BCUT2D eigenvalue weighted by atomic mass is 16.7. The molecule has 1 saturated heterocycles. The van der Waals surface area contributed by atoms with Crippen molar-refractivity contribution < 1.29 is 19.5 Å². The van der Waals surface area contributed by atoms with Crippen LogP contribution in [0.5, 0.6) is 0 Å². The molecule has 2 bridgehead atoms. The molecule has 0 spiro atoms. The topological polar surface area (TPSA) is 70.1 Å². The summed E-state index contributed by atoms with van der Waals surface area (Å²) in [5.41, 5.74) is 1.10. The number of amides is 2. The van der Waals surface area contributed by atoms with E-state index in [0.29, 0.717) is 13.1 Å².